The summed E-state index contributed by atoms with van der Waals surface area (Å²) in [5.74, 6) is 1.50. The molecule has 48 heavy (non-hydrogen) atoms. The number of hydrogen-bond donors (Lipinski definition) is 2. The van der Waals surface area contributed by atoms with Crippen LogP contribution >= 0.6 is 0 Å². The summed E-state index contributed by atoms with van der Waals surface area (Å²) in [6.07, 6.45) is 10.5. The van der Waals surface area contributed by atoms with Gasteiger partial charge in [0.2, 0.25) is 0 Å². The fourth-order valence-corrected chi connectivity index (χ4v) is 9.12. The standard InChI is InChI=1S/C41H60O6Si/c1-10-16-31(29-23-35(43)41(36(11-2)46-41)37(24-29)47-48(8,9)40(5,6)7)34-26-45-39-32(34)22-30(21-27(3)4)38(33(39)25-42)44-20-15-19-28-17-13-12-14-18-28/h12-15,17-19,22,26-27,29,31,35-37,42-43H,10-11,16,20-21,23-25H2,1-9H3/t29-,31-,35-,36?,37-,41-/m1/s1. The molecule has 3 aromatic rings. The number of hydrogen-bond acceptors (Lipinski definition) is 6. The molecule has 0 amide bonds. The maximum absolute atomic E-state index is 11.8. The Hall–Kier alpha value is -2.42. The average molecular weight is 677 g/mol. The number of furan rings is 1. The zero-order chi connectivity index (χ0) is 34.9. The lowest BCUT2D eigenvalue weighted by molar-refractivity contribution is -0.0632. The van der Waals surface area contributed by atoms with E-state index in [2.05, 4.69) is 85.8 Å². The second-order valence-electron chi connectivity index (χ2n) is 16.2. The number of aliphatic hydroxyl groups is 2. The molecule has 2 aliphatic rings. The molecule has 6 nitrogen and oxygen atoms in total. The number of epoxide rings is 1. The molecule has 1 saturated carbocycles. The quantitative estimate of drug-likeness (QED) is 0.131. The Balaban J connectivity index is 1.50. The van der Waals surface area contributed by atoms with Gasteiger partial charge in [0.1, 0.15) is 23.5 Å². The van der Waals surface area contributed by atoms with E-state index in [1.807, 2.05) is 30.5 Å². The molecular formula is C41H60O6Si. The lowest BCUT2D eigenvalue weighted by Crippen LogP contribution is -2.56. The van der Waals surface area contributed by atoms with E-state index in [9.17, 15) is 10.2 Å². The van der Waals surface area contributed by atoms with Gasteiger partial charge in [-0.1, -0.05) is 91.3 Å². The monoisotopic (exact) mass is 676 g/mol. The fourth-order valence-electron chi connectivity index (χ4n) is 7.77. The maximum Gasteiger partial charge on any atom is 0.192 e. The van der Waals surface area contributed by atoms with E-state index in [-0.39, 0.29) is 35.7 Å². The first-order valence-corrected chi connectivity index (χ1v) is 21.2. The fraction of sp³-hybridized carbons (Fsp3) is 0.610. The van der Waals surface area contributed by atoms with Gasteiger partial charge in [-0.2, -0.15) is 0 Å². The van der Waals surface area contributed by atoms with Crippen LogP contribution in [0, 0.1) is 11.8 Å². The van der Waals surface area contributed by atoms with Gasteiger partial charge in [0.25, 0.3) is 0 Å². The highest BCUT2D eigenvalue weighted by Crippen LogP contribution is 2.57. The van der Waals surface area contributed by atoms with Gasteiger partial charge < -0.3 is 28.5 Å². The minimum Gasteiger partial charge on any atom is -0.489 e. The van der Waals surface area contributed by atoms with E-state index in [1.165, 1.54) is 0 Å². The van der Waals surface area contributed by atoms with Crippen molar-refractivity contribution in [3.63, 3.8) is 0 Å². The van der Waals surface area contributed by atoms with Crippen molar-refractivity contribution in [1.82, 2.24) is 0 Å². The SMILES string of the molecule is CCC[C@@H](c1coc2c(CO)c(OCC=Cc3ccccc3)c(CC(C)C)cc12)[C@@H]1C[C@@H](O)[C@]2(OC2CC)[C@H](O[Si](C)(C)C(C)(C)C)C1. The largest absolute Gasteiger partial charge is 0.489 e. The van der Waals surface area contributed by atoms with Crippen LogP contribution in [0.3, 0.4) is 0 Å². The van der Waals surface area contributed by atoms with E-state index in [0.717, 1.165) is 59.9 Å². The van der Waals surface area contributed by atoms with Gasteiger partial charge in [-0.05, 0) is 91.3 Å². The van der Waals surface area contributed by atoms with Crippen LogP contribution in [0.1, 0.15) is 109 Å². The van der Waals surface area contributed by atoms with Crippen LogP contribution in [0.4, 0.5) is 0 Å². The summed E-state index contributed by atoms with van der Waals surface area (Å²) in [4.78, 5) is 0. The molecule has 1 unspecified atom stereocenters. The molecule has 2 fully saturated rings. The van der Waals surface area contributed by atoms with Crippen molar-refractivity contribution in [3.05, 3.63) is 71.0 Å². The number of benzene rings is 2. The normalized spacial score (nSPS) is 25.4. The minimum atomic E-state index is -2.14. The first-order chi connectivity index (χ1) is 22.8. The molecule has 2 aromatic carbocycles. The summed E-state index contributed by atoms with van der Waals surface area (Å²) in [6.45, 7) is 20.4. The topological polar surface area (TPSA) is 84.6 Å². The minimum absolute atomic E-state index is 0.0364. The summed E-state index contributed by atoms with van der Waals surface area (Å²) in [7, 11) is -2.14. The van der Waals surface area contributed by atoms with Crippen molar-refractivity contribution in [2.45, 2.75) is 142 Å². The Bertz CT molecular complexity index is 1540. The first-order valence-electron chi connectivity index (χ1n) is 18.3. The second kappa shape index (κ2) is 14.8. The maximum atomic E-state index is 11.8. The van der Waals surface area contributed by atoms with Crippen LogP contribution in [0.5, 0.6) is 5.75 Å². The molecule has 0 radical (unpaired) electrons. The third-order valence-corrected chi connectivity index (χ3v) is 15.8. The van der Waals surface area contributed by atoms with Crippen molar-refractivity contribution in [2.24, 2.45) is 11.8 Å². The summed E-state index contributed by atoms with van der Waals surface area (Å²) in [5.41, 5.74) is 4.16. The Morgan fingerprint density at radius 3 is 2.44 bits per heavy atom. The second-order valence-corrected chi connectivity index (χ2v) is 20.9. The predicted octanol–water partition coefficient (Wildman–Crippen LogP) is 9.81. The number of fused-ring (bicyclic) bond motifs is 1. The number of rotatable bonds is 14. The van der Waals surface area contributed by atoms with Crippen molar-refractivity contribution in [2.75, 3.05) is 6.61 Å². The first kappa shape index (κ1) is 36.8. The van der Waals surface area contributed by atoms with Crippen molar-refractivity contribution >= 4 is 25.4 Å². The van der Waals surface area contributed by atoms with Crippen LogP contribution in [0.15, 0.2) is 53.2 Å². The van der Waals surface area contributed by atoms with Gasteiger partial charge in [0, 0.05) is 10.9 Å². The molecule has 6 atom stereocenters. The molecule has 1 aromatic heterocycles. The molecule has 0 bridgehead atoms. The number of aliphatic hydroxyl groups excluding tert-OH is 2. The Morgan fingerprint density at radius 2 is 1.83 bits per heavy atom. The Kier molecular flexibility index (Phi) is 11.4. The molecule has 2 N–H and O–H groups in total. The zero-order valence-corrected chi connectivity index (χ0v) is 31.8. The summed E-state index contributed by atoms with van der Waals surface area (Å²) in [5, 5.41) is 23.7. The highest BCUT2D eigenvalue weighted by molar-refractivity contribution is 6.74. The molecule has 7 heteroatoms. The third kappa shape index (κ3) is 7.36. The molecule has 1 aliphatic heterocycles. The van der Waals surface area contributed by atoms with Gasteiger partial charge in [-0.15, -0.1) is 0 Å². The average Bonchev–Trinajstić information content (AvgIpc) is 3.63. The molecule has 264 valence electrons. The Labute approximate surface area is 290 Å². The summed E-state index contributed by atoms with van der Waals surface area (Å²) < 4.78 is 26.3. The number of ether oxygens (including phenoxy) is 2. The van der Waals surface area contributed by atoms with Gasteiger partial charge in [-0.3, -0.25) is 0 Å². The van der Waals surface area contributed by atoms with Gasteiger partial charge in [0.15, 0.2) is 8.32 Å². The van der Waals surface area contributed by atoms with Crippen LogP contribution in [0.25, 0.3) is 17.0 Å². The smallest absolute Gasteiger partial charge is 0.192 e. The summed E-state index contributed by atoms with van der Waals surface area (Å²) >= 11 is 0. The van der Waals surface area contributed by atoms with E-state index in [0.29, 0.717) is 30.1 Å². The van der Waals surface area contributed by atoms with E-state index in [1.54, 1.807) is 0 Å². The van der Waals surface area contributed by atoms with Crippen LogP contribution < -0.4 is 4.74 Å². The highest BCUT2D eigenvalue weighted by Gasteiger charge is 2.68. The van der Waals surface area contributed by atoms with Crippen LogP contribution in [-0.2, 0) is 22.2 Å². The molecule has 5 rings (SSSR count). The van der Waals surface area contributed by atoms with E-state index < -0.39 is 20.0 Å². The van der Waals surface area contributed by atoms with E-state index >= 15 is 0 Å². The van der Waals surface area contributed by atoms with Gasteiger partial charge in [0.05, 0.1) is 36.7 Å². The molecule has 1 aliphatic carbocycles. The Morgan fingerprint density at radius 1 is 1.10 bits per heavy atom. The lowest BCUT2D eigenvalue weighted by Gasteiger charge is -2.47. The highest BCUT2D eigenvalue weighted by atomic mass is 28.4. The molecule has 1 saturated heterocycles. The van der Waals surface area contributed by atoms with Crippen molar-refractivity contribution in [1.29, 1.82) is 0 Å². The third-order valence-electron chi connectivity index (χ3n) is 11.3. The van der Waals surface area contributed by atoms with Crippen LogP contribution in [0.2, 0.25) is 18.1 Å². The molecular weight excluding hydrogens is 617 g/mol. The summed E-state index contributed by atoms with van der Waals surface area (Å²) in [6, 6.07) is 12.4. The van der Waals surface area contributed by atoms with Gasteiger partial charge in [-0.25, -0.2) is 0 Å². The van der Waals surface area contributed by atoms with Crippen LogP contribution in [-0.4, -0.2) is 49.1 Å². The van der Waals surface area contributed by atoms with E-state index in [4.69, 9.17) is 18.3 Å². The molecule has 2 heterocycles. The van der Waals surface area contributed by atoms with Crippen molar-refractivity contribution in [3.8, 4) is 5.75 Å². The van der Waals surface area contributed by atoms with Gasteiger partial charge >= 0.3 is 0 Å². The van der Waals surface area contributed by atoms with Crippen molar-refractivity contribution < 1.29 is 28.5 Å². The molecule has 1 spiro atoms. The lowest BCUT2D eigenvalue weighted by atomic mass is 9.68. The predicted molar refractivity (Wildman–Crippen MR) is 198 cm³/mol. The zero-order valence-electron chi connectivity index (χ0n) is 30.8.